The normalized spacial score (nSPS) is 36.8. The van der Waals surface area contributed by atoms with Crippen LogP contribution in [0.1, 0.15) is 37.9 Å². The largest absolute Gasteiger partial charge is 0.241 e. The van der Waals surface area contributed by atoms with Crippen LogP contribution in [-0.2, 0) is 5.41 Å². The number of hydrogen-bond acceptors (Lipinski definition) is 2. The fraction of sp³-hybridized carbons (Fsp3) is 0.636. The van der Waals surface area contributed by atoms with Gasteiger partial charge in [-0.05, 0) is 31.2 Å². The molecule has 1 heterocycles. The molecule has 2 aliphatic carbocycles. The van der Waals surface area contributed by atoms with Crippen LogP contribution in [0, 0.1) is 5.92 Å². The van der Waals surface area contributed by atoms with Crippen LogP contribution in [0.5, 0.6) is 0 Å². The van der Waals surface area contributed by atoms with Gasteiger partial charge in [0.2, 0.25) is 0 Å². The molecule has 13 heavy (non-hydrogen) atoms. The van der Waals surface area contributed by atoms with Gasteiger partial charge in [-0.1, -0.05) is 12.8 Å². The molecule has 2 nitrogen and oxygen atoms in total. The zero-order valence-electron chi connectivity index (χ0n) is 7.74. The molecular formula is C11H14N2. The topological polar surface area (TPSA) is 25.8 Å². The summed E-state index contributed by atoms with van der Waals surface area (Å²) >= 11 is 0. The lowest BCUT2D eigenvalue weighted by atomic mass is 9.88. The van der Waals surface area contributed by atoms with Crippen molar-refractivity contribution < 1.29 is 0 Å². The van der Waals surface area contributed by atoms with Crippen LogP contribution in [0.2, 0.25) is 0 Å². The maximum Gasteiger partial charge on any atom is 0.134 e. The molecule has 3 rings (SSSR count). The van der Waals surface area contributed by atoms with E-state index in [2.05, 4.69) is 9.97 Å². The Morgan fingerprint density at radius 3 is 2.85 bits per heavy atom. The summed E-state index contributed by atoms with van der Waals surface area (Å²) in [5.74, 6) is 2.02. The highest BCUT2D eigenvalue weighted by molar-refractivity contribution is 5.23. The Bertz CT molecular complexity index is 309. The van der Waals surface area contributed by atoms with E-state index in [-0.39, 0.29) is 0 Å². The van der Waals surface area contributed by atoms with E-state index in [1.54, 1.807) is 0 Å². The van der Waals surface area contributed by atoms with Gasteiger partial charge in [0.1, 0.15) is 5.82 Å². The van der Waals surface area contributed by atoms with Crippen molar-refractivity contribution in [3.8, 4) is 0 Å². The van der Waals surface area contributed by atoms with Crippen LogP contribution in [0.3, 0.4) is 0 Å². The fourth-order valence-electron chi connectivity index (χ4n) is 2.84. The van der Waals surface area contributed by atoms with E-state index >= 15 is 0 Å². The molecule has 0 bridgehead atoms. The Morgan fingerprint density at radius 2 is 2.08 bits per heavy atom. The second-order valence-electron chi connectivity index (χ2n) is 4.38. The van der Waals surface area contributed by atoms with Gasteiger partial charge in [-0.3, -0.25) is 0 Å². The fourth-order valence-corrected chi connectivity index (χ4v) is 2.84. The van der Waals surface area contributed by atoms with Crippen molar-refractivity contribution in [2.75, 3.05) is 0 Å². The summed E-state index contributed by atoms with van der Waals surface area (Å²) in [5.41, 5.74) is 0.416. The minimum absolute atomic E-state index is 0.416. The van der Waals surface area contributed by atoms with Crippen molar-refractivity contribution >= 4 is 0 Å². The highest BCUT2D eigenvalue weighted by Gasteiger charge is 2.57. The molecule has 1 aromatic rings. The molecule has 2 aliphatic rings. The van der Waals surface area contributed by atoms with E-state index in [9.17, 15) is 0 Å². The second kappa shape index (κ2) is 2.53. The predicted molar refractivity (Wildman–Crippen MR) is 50.3 cm³/mol. The third kappa shape index (κ3) is 1.01. The van der Waals surface area contributed by atoms with Crippen molar-refractivity contribution in [3.05, 3.63) is 24.3 Å². The minimum Gasteiger partial charge on any atom is -0.241 e. The third-order valence-electron chi connectivity index (χ3n) is 3.67. The zero-order chi connectivity index (χ0) is 8.73. The van der Waals surface area contributed by atoms with Gasteiger partial charge in [-0.25, -0.2) is 9.97 Å². The molecule has 2 saturated carbocycles. The molecule has 2 unspecified atom stereocenters. The Balaban J connectivity index is 1.94. The number of rotatable bonds is 1. The zero-order valence-corrected chi connectivity index (χ0v) is 7.74. The first-order chi connectivity index (χ1) is 6.42. The first-order valence-electron chi connectivity index (χ1n) is 5.19. The molecule has 2 fully saturated rings. The Hall–Kier alpha value is -0.920. The van der Waals surface area contributed by atoms with E-state index in [0.29, 0.717) is 5.41 Å². The minimum atomic E-state index is 0.416. The van der Waals surface area contributed by atoms with E-state index < -0.39 is 0 Å². The average Bonchev–Trinajstić information content (AvgIpc) is 2.94. The summed E-state index contributed by atoms with van der Waals surface area (Å²) in [6, 6.07) is 1.90. The summed E-state index contributed by atoms with van der Waals surface area (Å²) in [6.45, 7) is 0. The van der Waals surface area contributed by atoms with Crippen LogP contribution < -0.4 is 0 Å². The van der Waals surface area contributed by atoms with E-state index in [0.717, 1.165) is 11.7 Å². The quantitative estimate of drug-likeness (QED) is 0.653. The van der Waals surface area contributed by atoms with E-state index in [4.69, 9.17) is 0 Å². The van der Waals surface area contributed by atoms with Crippen LogP contribution in [-0.4, -0.2) is 9.97 Å². The smallest absolute Gasteiger partial charge is 0.134 e. The van der Waals surface area contributed by atoms with Crippen LogP contribution in [0.25, 0.3) is 0 Å². The van der Waals surface area contributed by atoms with Crippen LogP contribution in [0.15, 0.2) is 18.5 Å². The molecule has 0 aromatic carbocycles. The molecule has 0 amide bonds. The summed E-state index contributed by atoms with van der Waals surface area (Å²) in [7, 11) is 0. The van der Waals surface area contributed by atoms with Crippen LogP contribution >= 0.6 is 0 Å². The van der Waals surface area contributed by atoms with E-state index in [1.807, 2.05) is 18.5 Å². The monoisotopic (exact) mass is 174 g/mol. The summed E-state index contributed by atoms with van der Waals surface area (Å²) in [5, 5.41) is 0. The number of nitrogens with zero attached hydrogens (tertiary/aromatic N) is 2. The van der Waals surface area contributed by atoms with Gasteiger partial charge < -0.3 is 0 Å². The second-order valence-corrected chi connectivity index (χ2v) is 4.38. The molecule has 0 N–H and O–H groups in total. The lowest BCUT2D eigenvalue weighted by Crippen LogP contribution is -2.17. The lowest BCUT2D eigenvalue weighted by Gasteiger charge is -2.19. The summed E-state index contributed by atoms with van der Waals surface area (Å²) < 4.78 is 0. The van der Waals surface area contributed by atoms with Crippen molar-refractivity contribution in [2.45, 2.75) is 37.5 Å². The lowest BCUT2D eigenvalue weighted by molar-refractivity contribution is 0.413. The van der Waals surface area contributed by atoms with Crippen molar-refractivity contribution in [1.29, 1.82) is 0 Å². The molecule has 2 heteroatoms. The first kappa shape index (κ1) is 7.48. The molecule has 0 saturated heterocycles. The van der Waals surface area contributed by atoms with Gasteiger partial charge in [-0.15, -0.1) is 0 Å². The average molecular weight is 174 g/mol. The van der Waals surface area contributed by atoms with E-state index in [1.165, 1.54) is 32.1 Å². The molecule has 0 aliphatic heterocycles. The van der Waals surface area contributed by atoms with Crippen LogP contribution in [0.4, 0.5) is 0 Å². The number of aromatic nitrogens is 2. The Labute approximate surface area is 78.4 Å². The van der Waals surface area contributed by atoms with Gasteiger partial charge in [-0.2, -0.15) is 0 Å². The molecular weight excluding hydrogens is 160 g/mol. The third-order valence-corrected chi connectivity index (χ3v) is 3.67. The predicted octanol–water partition coefficient (Wildman–Crippen LogP) is 2.31. The highest BCUT2D eigenvalue weighted by Crippen LogP contribution is 2.61. The summed E-state index contributed by atoms with van der Waals surface area (Å²) in [4.78, 5) is 8.81. The molecule has 0 spiro atoms. The van der Waals surface area contributed by atoms with Gasteiger partial charge in [0.15, 0.2) is 0 Å². The van der Waals surface area contributed by atoms with Crippen molar-refractivity contribution in [1.82, 2.24) is 9.97 Å². The highest BCUT2D eigenvalue weighted by atomic mass is 14.9. The Kier molecular flexibility index (Phi) is 1.46. The number of fused-ring (bicyclic) bond motifs is 1. The molecule has 0 radical (unpaired) electrons. The van der Waals surface area contributed by atoms with Gasteiger partial charge in [0.25, 0.3) is 0 Å². The van der Waals surface area contributed by atoms with Gasteiger partial charge in [0.05, 0.1) is 0 Å². The molecule has 2 atom stereocenters. The number of hydrogen-bond donors (Lipinski definition) is 0. The first-order valence-corrected chi connectivity index (χ1v) is 5.19. The molecule has 68 valence electrons. The van der Waals surface area contributed by atoms with Gasteiger partial charge >= 0.3 is 0 Å². The maximum atomic E-state index is 4.40. The van der Waals surface area contributed by atoms with Crippen molar-refractivity contribution in [2.24, 2.45) is 5.92 Å². The maximum absolute atomic E-state index is 4.40. The molecule has 1 aromatic heterocycles. The standard InChI is InChI=1S/C11H14N2/c1-2-5-11(8-9(11)4-1)10-12-6-3-7-13-10/h3,6-7,9H,1-2,4-5,8H2. The van der Waals surface area contributed by atoms with Gasteiger partial charge in [0, 0.05) is 17.8 Å². The Morgan fingerprint density at radius 1 is 1.23 bits per heavy atom. The summed E-state index contributed by atoms with van der Waals surface area (Å²) in [6.07, 6.45) is 10.6. The SMILES string of the molecule is c1cnc(C23CCCCC2C3)nc1. The van der Waals surface area contributed by atoms with Crippen molar-refractivity contribution in [3.63, 3.8) is 0 Å².